The van der Waals surface area contributed by atoms with E-state index in [1.54, 1.807) is 5.56 Å². The molecule has 1 aromatic rings. The van der Waals surface area contributed by atoms with Gasteiger partial charge < -0.3 is 5.32 Å². The number of benzene rings is 1. The molecule has 1 aliphatic rings. The van der Waals surface area contributed by atoms with Gasteiger partial charge in [-0.05, 0) is 81.5 Å². The number of rotatable bonds is 5. The largest absolute Gasteiger partial charge is 0.314 e. The Morgan fingerprint density at radius 3 is 2.35 bits per heavy atom. The molecule has 2 rings (SSSR count). The van der Waals surface area contributed by atoms with Gasteiger partial charge in [0, 0.05) is 6.04 Å². The van der Waals surface area contributed by atoms with Crippen LogP contribution in [0.1, 0.15) is 55.4 Å². The normalized spacial score (nSPS) is 26.1. The fraction of sp³-hybridized carbons (Fsp3) is 0.684. The minimum atomic E-state index is 0.742. The van der Waals surface area contributed by atoms with Crippen LogP contribution in [0.5, 0.6) is 0 Å². The summed E-state index contributed by atoms with van der Waals surface area (Å²) in [5.74, 6) is 1.66. The fourth-order valence-corrected chi connectivity index (χ4v) is 3.95. The first-order valence-corrected chi connectivity index (χ1v) is 8.33. The van der Waals surface area contributed by atoms with Crippen LogP contribution < -0.4 is 5.32 Å². The Balaban J connectivity index is 2.04. The van der Waals surface area contributed by atoms with E-state index in [4.69, 9.17) is 0 Å². The van der Waals surface area contributed by atoms with Gasteiger partial charge in [-0.25, -0.2) is 0 Å². The van der Waals surface area contributed by atoms with Crippen molar-refractivity contribution in [1.82, 2.24) is 5.32 Å². The highest BCUT2D eigenvalue weighted by Gasteiger charge is 2.32. The smallest absolute Gasteiger partial charge is 0.00955 e. The van der Waals surface area contributed by atoms with E-state index in [1.165, 1.54) is 48.9 Å². The highest BCUT2D eigenvalue weighted by molar-refractivity contribution is 5.37. The second-order valence-corrected chi connectivity index (χ2v) is 6.84. The highest BCUT2D eigenvalue weighted by Crippen LogP contribution is 2.35. The molecule has 0 radical (unpaired) electrons. The Labute approximate surface area is 125 Å². The second-order valence-electron chi connectivity index (χ2n) is 6.84. The van der Waals surface area contributed by atoms with Crippen molar-refractivity contribution < 1.29 is 0 Å². The minimum absolute atomic E-state index is 0.742. The molecule has 3 unspecified atom stereocenters. The van der Waals surface area contributed by atoms with Gasteiger partial charge in [-0.1, -0.05) is 31.5 Å². The predicted octanol–water partition coefficient (Wildman–Crippen LogP) is 4.57. The van der Waals surface area contributed by atoms with E-state index in [-0.39, 0.29) is 0 Å². The van der Waals surface area contributed by atoms with Crippen LogP contribution >= 0.6 is 0 Å². The van der Waals surface area contributed by atoms with E-state index >= 15 is 0 Å². The summed E-state index contributed by atoms with van der Waals surface area (Å²) < 4.78 is 0. The molecule has 0 bridgehead atoms. The summed E-state index contributed by atoms with van der Waals surface area (Å²) in [6, 6.07) is 5.43. The molecule has 1 heteroatoms. The quantitative estimate of drug-likeness (QED) is 0.828. The Morgan fingerprint density at radius 2 is 1.75 bits per heavy atom. The van der Waals surface area contributed by atoms with Crippen LogP contribution in [-0.4, -0.2) is 12.6 Å². The van der Waals surface area contributed by atoms with Crippen molar-refractivity contribution >= 4 is 0 Å². The van der Waals surface area contributed by atoms with Crippen LogP contribution in [-0.2, 0) is 6.42 Å². The maximum atomic E-state index is 3.74. The van der Waals surface area contributed by atoms with E-state index in [9.17, 15) is 0 Å². The number of nitrogens with one attached hydrogen (secondary N) is 1. The lowest BCUT2D eigenvalue weighted by atomic mass is 9.86. The third kappa shape index (κ3) is 3.44. The van der Waals surface area contributed by atoms with E-state index in [0.29, 0.717) is 0 Å². The van der Waals surface area contributed by atoms with Crippen LogP contribution in [0.2, 0.25) is 0 Å². The summed E-state index contributed by atoms with van der Waals surface area (Å²) in [4.78, 5) is 0. The van der Waals surface area contributed by atoms with Gasteiger partial charge in [0.2, 0.25) is 0 Å². The van der Waals surface area contributed by atoms with E-state index in [2.05, 4.69) is 52.1 Å². The topological polar surface area (TPSA) is 12.0 Å². The molecule has 1 aliphatic carbocycles. The van der Waals surface area contributed by atoms with Crippen LogP contribution in [0.25, 0.3) is 0 Å². The summed E-state index contributed by atoms with van der Waals surface area (Å²) >= 11 is 0. The summed E-state index contributed by atoms with van der Waals surface area (Å²) in [5, 5.41) is 3.74. The van der Waals surface area contributed by atoms with Crippen molar-refractivity contribution in [3.8, 4) is 0 Å². The predicted molar refractivity (Wildman–Crippen MR) is 88.3 cm³/mol. The molecule has 0 spiro atoms. The SMILES string of the molecule is CCCNC1CCC(Cc2c(C)cc(C)cc2C)C1C. The summed E-state index contributed by atoms with van der Waals surface area (Å²) in [7, 11) is 0. The molecule has 0 saturated heterocycles. The first kappa shape index (κ1) is 15.6. The van der Waals surface area contributed by atoms with Gasteiger partial charge in [-0.3, -0.25) is 0 Å². The zero-order valence-corrected chi connectivity index (χ0v) is 13.9. The van der Waals surface area contributed by atoms with E-state index < -0.39 is 0 Å². The third-order valence-corrected chi connectivity index (χ3v) is 5.19. The second kappa shape index (κ2) is 6.76. The monoisotopic (exact) mass is 273 g/mol. The molecular formula is C19H31N. The maximum Gasteiger partial charge on any atom is 0.00955 e. The molecule has 0 amide bonds. The molecule has 3 atom stereocenters. The van der Waals surface area contributed by atoms with Gasteiger partial charge in [0.1, 0.15) is 0 Å². The Hall–Kier alpha value is -0.820. The number of aryl methyl sites for hydroxylation is 3. The van der Waals surface area contributed by atoms with Gasteiger partial charge in [-0.2, -0.15) is 0 Å². The highest BCUT2D eigenvalue weighted by atomic mass is 14.9. The van der Waals surface area contributed by atoms with Crippen LogP contribution in [0.3, 0.4) is 0 Å². The average Bonchev–Trinajstić information content (AvgIpc) is 2.72. The lowest BCUT2D eigenvalue weighted by molar-refractivity contribution is 0.351. The minimum Gasteiger partial charge on any atom is -0.314 e. The number of hydrogen-bond acceptors (Lipinski definition) is 1. The molecule has 1 nitrogen and oxygen atoms in total. The molecule has 0 aliphatic heterocycles. The molecule has 0 aromatic heterocycles. The van der Waals surface area contributed by atoms with Crippen molar-refractivity contribution in [3.63, 3.8) is 0 Å². The number of hydrogen-bond donors (Lipinski definition) is 1. The maximum absolute atomic E-state index is 3.74. The van der Waals surface area contributed by atoms with Gasteiger partial charge in [0.15, 0.2) is 0 Å². The summed E-state index contributed by atoms with van der Waals surface area (Å²) in [6.45, 7) is 12.6. The van der Waals surface area contributed by atoms with Crippen molar-refractivity contribution in [2.75, 3.05) is 6.54 Å². The standard InChI is InChI=1S/C19H31N/c1-6-9-20-19-8-7-17(16(19)5)12-18-14(3)10-13(2)11-15(18)4/h10-11,16-17,19-20H,6-9,12H2,1-5H3. The Bertz CT molecular complexity index is 426. The third-order valence-electron chi connectivity index (χ3n) is 5.19. The fourth-order valence-electron chi connectivity index (χ4n) is 3.95. The molecule has 112 valence electrons. The van der Waals surface area contributed by atoms with E-state index in [1.807, 2.05) is 0 Å². The summed E-state index contributed by atoms with van der Waals surface area (Å²) in [6.07, 6.45) is 5.25. The lowest BCUT2D eigenvalue weighted by Gasteiger charge is -2.23. The first-order chi connectivity index (χ1) is 9.52. The van der Waals surface area contributed by atoms with Crippen molar-refractivity contribution in [3.05, 3.63) is 34.4 Å². The molecule has 1 fully saturated rings. The van der Waals surface area contributed by atoms with Gasteiger partial charge >= 0.3 is 0 Å². The molecular weight excluding hydrogens is 242 g/mol. The molecule has 0 heterocycles. The lowest BCUT2D eigenvalue weighted by Crippen LogP contribution is -2.33. The zero-order valence-electron chi connectivity index (χ0n) is 13.9. The molecule has 1 aromatic carbocycles. The van der Waals surface area contributed by atoms with Gasteiger partial charge in [0.25, 0.3) is 0 Å². The average molecular weight is 273 g/mol. The van der Waals surface area contributed by atoms with Crippen molar-refractivity contribution in [1.29, 1.82) is 0 Å². The molecule has 1 saturated carbocycles. The van der Waals surface area contributed by atoms with Crippen LogP contribution in [0, 0.1) is 32.6 Å². The first-order valence-electron chi connectivity index (χ1n) is 8.33. The Kier molecular flexibility index (Phi) is 5.26. The zero-order chi connectivity index (χ0) is 14.7. The Morgan fingerprint density at radius 1 is 1.10 bits per heavy atom. The van der Waals surface area contributed by atoms with Gasteiger partial charge in [-0.15, -0.1) is 0 Å². The van der Waals surface area contributed by atoms with Gasteiger partial charge in [0.05, 0.1) is 0 Å². The van der Waals surface area contributed by atoms with Crippen molar-refractivity contribution in [2.24, 2.45) is 11.8 Å². The summed E-state index contributed by atoms with van der Waals surface area (Å²) in [5.41, 5.74) is 5.97. The van der Waals surface area contributed by atoms with Crippen LogP contribution in [0.4, 0.5) is 0 Å². The van der Waals surface area contributed by atoms with Crippen molar-refractivity contribution in [2.45, 2.75) is 66.3 Å². The molecule has 20 heavy (non-hydrogen) atoms. The molecule has 1 N–H and O–H groups in total. The van der Waals surface area contributed by atoms with Crippen LogP contribution in [0.15, 0.2) is 12.1 Å². The van der Waals surface area contributed by atoms with E-state index in [0.717, 1.165) is 17.9 Å².